The molecule has 1 rings (SSSR count). The van der Waals surface area contributed by atoms with Gasteiger partial charge in [0.15, 0.2) is 0 Å². The quantitative estimate of drug-likeness (QED) is 0.444. The van der Waals surface area contributed by atoms with Crippen molar-refractivity contribution in [1.82, 2.24) is 4.90 Å². The van der Waals surface area contributed by atoms with Crippen LogP contribution in [-0.4, -0.2) is 24.5 Å². The number of rotatable bonds is 2. The van der Waals surface area contributed by atoms with Crippen LogP contribution in [0.1, 0.15) is 20.3 Å². The van der Waals surface area contributed by atoms with E-state index in [0.717, 1.165) is 19.5 Å². The summed E-state index contributed by atoms with van der Waals surface area (Å²) in [7, 11) is 0. The zero-order chi connectivity index (χ0) is 8.97. The molecule has 1 heterocycles. The Balaban J connectivity index is 2.40. The molecule has 1 unspecified atom stereocenters. The average Bonchev–Trinajstić information content (AvgIpc) is 1.99. The third-order valence-electron chi connectivity index (χ3n) is 2.16. The van der Waals surface area contributed by atoms with Gasteiger partial charge in [-0.05, 0) is 12.8 Å². The van der Waals surface area contributed by atoms with Crippen LogP contribution in [0.25, 0.3) is 0 Å². The molecule has 1 heteroatoms. The van der Waals surface area contributed by atoms with Crippen molar-refractivity contribution in [2.75, 3.05) is 19.6 Å². The predicted molar refractivity (Wildman–Crippen MR) is 52.8 cm³/mol. The summed E-state index contributed by atoms with van der Waals surface area (Å²) in [6, 6.07) is 0. The van der Waals surface area contributed by atoms with Gasteiger partial charge in [-0.3, -0.25) is 4.90 Å². The standard InChI is InChI=1S/C11H17N/c1-4-5-6-12-8-10(2)7-11(3)9-12/h1,7,10H,5-6,8-9H2,2-3H3. The summed E-state index contributed by atoms with van der Waals surface area (Å²) in [5.41, 5.74) is 1.48. The summed E-state index contributed by atoms with van der Waals surface area (Å²) in [5, 5.41) is 0. The van der Waals surface area contributed by atoms with E-state index in [1.165, 1.54) is 12.1 Å². The molecule has 0 saturated carbocycles. The molecule has 0 aromatic rings. The lowest BCUT2D eigenvalue weighted by atomic mass is 10.0. The van der Waals surface area contributed by atoms with Crippen LogP contribution in [0.2, 0.25) is 0 Å². The number of terminal acetylenes is 1. The van der Waals surface area contributed by atoms with Gasteiger partial charge in [-0.2, -0.15) is 0 Å². The first kappa shape index (κ1) is 9.35. The first-order valence-electron chi connectivity index (χ1n) is 4.55. The lowest BCUT2D eigenvalue weighted by molar-refractivity contribution is 0.264. The van der Waals surface area contributed by atoms with E-state index in [-0.39, 0.29) is 0 Å². The van der Waals surface area contributed by atoms with E-state index in [1.807, 2.05) is 0 Å². The minimum absolute atomic E-state index is 0.691. The summed E-state index contributed by atoms with van der Waals surface area (Å²) >= 11 is 0. The molecule has 0 spiro atoms. The number of hydrogen-bond acceptors (Lipinski definition) is 1. The third-order valence-corrected chi connectivity index (χ3v) is 2.16. The van der Waals surface area contributed by atoms with Gasteiger partial charge in [0.05, 0.1) is 0 Å². The number of hydrogen-bond donors (Lipinski definition) is 0. The van der Waals surface area contributed by atoms with Crippen molar-refractivity contribution in [2.45, 2.75) is 20.3 Å². The minimum Gasteiger partial charge on any atom is -0.298 e. The molecule has 0 aliphatic carbocycles. The molecule has 1 aliphatic heterocycles. The van der Waals surface area contributed by atoms with Crippen molar-refractivity contribution in [3.8, 4) is 12.3 Å². The summed E-state index contributed by atoms with van der Waals surface area (Å²) in [6.07, 6.45) is 8.45. The molecule has 1 atom stereocenters. The van der Waals surface area contributed by atoms with E-state index >= 15 is 0 Å². The summed E-state index contributed by atoms with van der Waals surface area (Å²) < 4.78 is 0. The van der Waals surface area contributed by atoms with Crippen LogP contribution in [0, 0.1) is 18.3 Å². The van der Waals surface area contributed by atoms with Gasteiger partial charge in [0.25, 0.3) is 0 Å². The second kappa shape index (κ2) is 4.33. The maximum atomic E-state index is 5.22. The molecular weight excluding hydrogens is 146 g/mol. The lowest BCUT2D eigenvalue weighted by Crippen LogP contribution is -2.33. The smallest absolute Gasteiger partial charge is 0.0214 e. The van der Waals surface area contributed by atoms with Gasteiger partial charge in [-0.1, -0.05) is 18.6 Å². The maximum absolute atomic E-state index is 5.22. The summed E-state index contributed by atoms with van der Waals surface area (Å²) in [4.78, 5) is 2.43. The minimum atomic E-state index is 0.691. The monoisotopic (exact) mass is 163 g/mol. The zero-order valence-corrected chi connectivity index (χ0v) is 8.01. The molecule has 0 N–H and O–H groups in total. The van der Waals surface area contributed by atoms with Crippen LogP contribution >= 0.6 is 0 Å². The molecule has 1 aliphatic rings. The van der Waals surface area contributed by atoms with Gasteiger partial charge in [0, 0.05) is 26.1 Å². The SMILES string of the molecule is C#CCCN1CC(C)=CC(C)C1. The van der Waals surface area contributed by atoms with Gasteiger partial charge >= 0.3 is 0 Å². The van der Waals surface area contributed by atoms with Crippen molar-refractivity contribution in [3.63, 3.8) is 0 Å². The van der Waals surface area contributed by atoms with Gasteiger partial charge in [0.2, 0.25) is 0 Å². The molecule has 0 saturated heterocycles. The van der Waals surface area contributed by atoms with Crippen molar-refractivity contribution < 1.29 is 0 Å². The normalized spacial score (nSPS) is 24.8. The molecule has 0 bridgehead atoms. The van der Waals surface area contributed by atoms with Crippen LogP contribution in [0.15, 0.2) is 11.6 Å². The molecule has 1 nitrogen and oxygen atoms in total. The van der Waals surface area contributed by atoms with Crippen molar-refractivity contribution >= 4 is 0 Å². The third kappa shape index (κ3) is 2.71. The van der Waals surface area contributed by atoms with Crippen LogP contribution in [0.4, 0.5) is 0 Å². The van der Waals surface area contributed by atoms with Crippen LogP contribution in [-0.2, 0) is 0 Å². The summed E-state index contributed by atoms with van der Waals surface area (Å²) in [6.45, 7) is 7.77. The highest BCUT2D eigenvalue weighted by Crippen LogP contribution is 2.13. The molecule has 0 amide bonds. The molecule has 66 valence electrons. The topological polar surface area (TPSA) is 3.24 Å². The molecule has 0 aromatic carbocycles. The Hall–Kier alpha value is -0.740. The maximum Gasteiger partial charge on any atom is 0.0214 e. The Bertz CT molecular complexity index is 210. The van der Waals surface area contributed by atoms with E-state index in [2.05, 4.69) is 30.7 Å². The molecule has 0 radical (unpaired) electrons. The van der Waals surface area contributed by atoms with Crippen molar-refractivity contribution in [1.29, 1.82) is 0 Å². The predicted octanol–water partition coefficient (Wildman–Crippen LogP) is 1.91. The molecule has 0 fully saturated rings. The average molecular weight is 163 g/mol. The largest absolute Gasteiger partial charge is 0.298 e. The lowest BCUT2D eigenvalue weighted by Gasteiger charge is -2.28. The van der Waals surface area contributed by atoms with E-state index < -0.39 is 0 Å². The van der Waals surface area contributed by atoms with Crippen LogP contribution in [0.5, 0.6) is 0 Å². The second-order valence-corrected chi connectivity index (χ2v) is 3.68. The number of nitrogens with zero attached hydrogens (tertiary/aromatic N) is 1. The zero-order valence-electron chi connectivity index (χ0n) is 8.01. The second-order valence-electron chi connectivity index (χ2n) is 3.68. The Morgan fingerprint density at radius 2 is 2.50 bits per heavy atom. The highest BCUT2D eigenvalue weighted by Gasteiger charge is 2.13. The van der Waals surface area contributed by atoms with E-state index in [4.69, 9.17) is 6.42 Å². The highest BCUT2D eigenvalue weighted by molar-refractivity contribution is 5.07. The van der Waals surface area contributed by atoms with Gasteiger partial charge < -0.3 is 0 Å². The summed E-state index contributed by atoms with van der Waals surface area (Å²) in [5.74, 6) is 3.37. The fourth-order valence-corrected chi connectivity index (χ4v) is 1.81. The Morgan fingerprint density at radius 3 is 3.08 bits per heavy atom. The van der Waals surface area contributed by atoms with Crippen LogP contribution < -0.4 is 0 Å². The van der Waals surface area contributed by atoms with E-state index in [9.17, 15) is 0 Å². The van der Waals surface area contributed by atoms with Gasteiger partial charge in [-0.15, -0.1) is 12.3 Å². The first-order valence-corrected chi connectivity index (χ1v) is 4.55. The van der Waals surface area contributed by atoms with Gasteiger partial charge in [0.1, 0.15) is 0 Å². The van der Waals surface area contributed by atoms with Gasteiger partial charge in [-0.25, -0.2) is 0 Å². The first-order chi connectivity index (χ1) is 5.72. The Morgan fingerprint density at radius 1 is 1.75 bits per heavy atom. The fraction of sp³-hybridized carbons (Fsp3) is 0.636. The van der Waals surface area contributed by atoms with Crippen LogP contribution in [0.3, 0.4) is 0 Å². The van der Waals surface area contributed by atoms with Crippen molar-refractivity contribution in [2.24, 2.45) is 5.92 Å². The van der Waals surface area contributed by atoms with E-state index in [0.29, 0.717) is 5.92 Å². The van der Waals surface area contributed by atoms with E-state index in [1.54, 1.807) is 0 Å². The molecule has 0 aromatic heterocycles. The Labute approximate surface area is 75.5 Å². The molecule has 12 heavy (non-hydrogen) atoms. The fourth-order valence-electron chi connectivity index (χ4n) is 1.81. The highest BCUT2D eigenvalue weighted by atomic mass is 15.1. The molecular formula is C11H17N. The Kier molecular flexibility index (Phi) is 3.37. The van der Waals surface area contributed by atoms with Crippen molar-refractivity contribution in [3.05, 3.63) is 11.6 Å².